The van der Waals surface area contributed by atoms with Crippen LogP contribution in [0.2, 0.25) is 0 Å². The van der Waals surface area contributed by atoms with E-state index in [2.05, 4.69) is 23.8 Å². The van der Waals surface area contributed by atoms with Gasteiger partial charge in [-0.25, -0.2) is 18.4 Å². The molecule has 0 saturated heterocycles. The first kappa shape index (κ1) is 17.7. The number of anilines is 2. The van der Waals surface area contributed by atoms with Crippen molar-refractivity contribution in [2.24, 2.45) is 0 Å². The molecule has 1 heterocycles. The summed E-state index contributed by atoms with van der Waals surface area (Å²) in [5, 5.41) is 0. The summed E-state index contributed by atoms with van der Waals surface area (Å²) in [6.45, 7) is 4.73. The van der Waals surface area contributed by atoms with E-state index in [0.29, 0.717) is 12.4 Å². The molecule has 0 unspecified atom stereocenters. The highest BCUT2D eigenvalue weighted by atomic mass is 32.2. The molecule has 0 aliphatic heterocycles. The van der Waals surface area contributed by atoms with Crippen molar-refractivity contribution in [1.82, 2.24) is 9.97 Å². The van der Waals surface area contributed by atoms with Crippen LogP contribution in [0.25, 0.3) is 11.3 Å². The maximum absolute atomic E-state index is 11.5. The Morgan fingerprint density at radius 3 is 2.68 bits per heavy atom. The van der Waals surface area contributed by atoms with Crippen LogP contribution in [0, 0.1) is 0 Å². The molecule has 0 radical (unpaired) electrons. The van der Waals surface area contributed by atoms with Crippen molar-refractivity contribution in [3.8, 4) is 11.3 Å². The van der Waals surface area contributed by atoms with Crippen LogP contribution >= 0.6 is 0 Å². The maximum atomic E-state index is 11.5. The van der Waals surface area contributed by atoms with E-state index in [9.17, 15) is 8.42 Å². The number of hydrogen-bond acceptors (Lipinski definition) is 6. The van der Waals surface area contributed by atoms with Crippen LogP contribution in [0.15, 0.2) is 24.5 Å². The average molecular weight is 360 g/mol. The van der Waals surface area contributed by atoms with E-state index < -0.39 is 9.84 Å². The van der Waals surface area contributed by atoms with Gasteiger partial charge in [0.15, 0.2) is 0 Å². The van der Waals surface area contributed by atoms with Crippen LogP contribution < -0.4 is 10.6 Å². The second-order valence-corrected chi connectivity index (χ2v) is 9.66. The van der Waals surface area contributed by atoms with E-state index in [-0.39, 0.29) is 11.2 Å². The monoisotopic (exact) mass is 360 g/mol. The summed E-state index contributed by atoms with van der Waals surface area (Å²) in [4.78, 5) is 10.7. The molecule has 0 atom stereocenters. The third-order valence-electron chi connectivity index (χ3n) is 4.79. The van der Waals surface area contributed by atoms with Crippen LogP contribution in [-0.4, -0.2) is 44.0 Å². The Morgan fingerprint density at radius 2 is 2.00 bits per heavy atom. The van der Waals surface area contributed by atoms with Gasteiger partial charge in [-0.15, -0.1) is 0 Å². The Balaban J connectivity index is 2.10. The average Bonchev–Trinajstić information content (AvgIpc) is 2.51. The summed E-state index contributed by atoms with van der Waals surface area (Å²) < 4.78 is 23.0. The van der Waals surface area contributed by atoms with Crippen LogP contribution in [0.4, 0.5) is 11.5 Å². The van der Waals surface area contributed by atoms with Gasteiger partial charge in [-0.05, 0) is 23.5 Å². The largest absolute Gasteiger partial charge is 0.383 e. The number of sulfone groups is 1. The predicted octanol–water partition coefficient (Wildman–Crippen LogP) is 2.04. The summed E-state index contributed by atoms with van der Waals surface area (Å²) in [7, 11) is -1.08. The van der Waals surface area contributed by atoms with Crippen molar-refractivity contribution >= 4 is 21.3 Å². The molecule has 25 heavy (non-hydrogen) atoms. The molecule has 1 aromatic carbocycles. The molecule has 0 spiro atoms. The molecule has 7 heteroatoms. The standard InChI is InChI=1S/C18H24N4O2S/c1-18(2)10-13-12(16-15(18)17(19)21-11-20-16)6-5-7-14(13)22(3)8-9-25(4,23)24/h5-7,11H,8-10H2,1-4H3,(H2,19,20,21). The number of rotatable bonds is 4. The molecular formula is C18H24N4O2S. The Morgan fingerprint density at radius 1 is 1.28 bits per heavy atom. The molecule has 2 aromatic rings. The van der Waals surface area contributed by atoms with Crippen LogP contribution in [-0.2, 0) is 21.7 Å². The molecule has 6 nitrogen and oxygen atoms in total. The summed E-state index contributed by atoms with van der Waals surface area (Å²) in [6.07, 6.45) is 3.56. The molecule has 2 N–H and O–H groups in total. The zero-order valence-corrected chi connectivity index (χ0v) is 15.9. The van der Waals surface area contributed by atoms with Crippen LogP contribution in [0.5, 0.6) is 0 Å². The van der Waals surface area contributed by atoms with E-state index in [0.717, 1.165) is 28.9 Å². The zero-order chi connectivity index (χ0) is 18.4. The number of hydrogen-bond donors (Lipinski definition) is 1. The highest BCUT2D eigenvalue weighted by Gasteiger charge is 2.35. The Labute approximate surface area is 149 Å². The summed E-state index contributed by atoms with van der Waals surface area (Å²) >= 11 is 0. The lowest BCUT2D eigenvalue weighted by atomic mass is 9.71. The Hall–Kier alpha value is -2.15. The minimum Gasteiger partial charge on any atom is -0.383 e. The van der Waals surface area contributed by atoms with Crippen LogP contribution in [0.1, 0.15) is 25.0 Å². The first-order chi connectivity index (χ1) is 11.6. The molecule has 1 aliphatic carbocycles. The van der Waals surface area contributed by atoms with Crippen molar-refractivity contribution in [3.05, 3.63) is 35.7 Å². The van der Waals surface area contributed by atoms with Gasteiger partial charge in [0, 0.05) is 36.7 Å². The third kappa shape index (κ3) is 3.33. The molecule has 0 fully saturated rings. The highest BCUT2D eigenvalue weighted by Crippen LogP contribution is 2.46. The number of benzene rings is 1. The molecule has 3 rings (SSSR count). The number of nitrogens with zero attached hydrogens (tertiary/aromatic N) is 3. The zero-order valence-electron chi connectivity index (χ0n) is 15.1. The van der Waals surface area contributed by atoms with E-state index in [1.54, 1.807) is 0 Å². The van der Waals surface area contributed by atoms with Crippen molar-refractivity contribution in [3.63, 3.8) is 0 Å². The lowest BCUT2D eigenvalue weighted by Crippen LogP contribution is -2.31. The summed E-state index contributed by atoms with van der Waals surface area (Å²) in [5.41, 5.74) is 11.1. The summed E-state index contributed by atoms with van der Waals surface area (Å²) in [5.74, 6) is 0.652. The van der Waals surface area contributed by atoms with Crippen molar-refractivity contribution in [1.29, 1.82) is 0 Å². The van der Waals surface area contributed by atoms with Crippen molar-refractivity contribution in [2.45, 2.75) is 25.7 Å². The number of nitrogen functional groups attached to an aromatic ring is 1. The first-order valence-corrected chi connectivity index (χ1v) is 10.3. The van der Waals surface area contributed by atoms with Gasteiger partial charge in [0.1, 0.15) is 22.0 Å². The van der Waals surface area contributed by atoms with E-state index in [1.165, 1.54) is 18.1 Å². The van der Waals surface area contributed by atoms with E-state index in [4.69, 9.17) is 5.73 Å². The van der Waals surface area contributed by atoms with Crippen molar-refractivity contribution in [2.75, 3.05) is 36.2 Å². The SMILES string of the molecule is CN(CCS(C)(=O)=O)c1cccc2c1CC(C)(C)c1c(N)ncnc1-2. The van der Waals surface area contributed by atoms with E-state index >= 15 is 0 Å². The number of nitrogens with two attached hydrogens (primary N) is 1. The fourth-order valence-electron chi connectivity index (χ4n) is 3.56. The number of aromatic nitrogens is 2. The first-order valence-electron chi connectivity index (χ1n) is 8.22. The quantitative estimate of drug-likeness (QED) is 0.897. The lowest BCUT2D eigenvalue weighted by Gasteiger charge is -2.36. The minimum atomic E-state index is -3.00. The molecule has 134 valence electrons. The van der Waals surface area contributed by atoms with Gasteiger partial charge < -0.3 is 10.6 Å². The molecular weight excluding hydrogens is 336 g/mol. The fraction of sp³-hybridized carbons (Fsp3) is 0.444. The normalized spacial score (nSPS) is 15.4. The molecule has 1 aromatic heterocycles. The number of fused-ring (bicyclic) bond motifs is 3. The molecule has 0 saturated carbocycles. The second kappa shape index (κ2) is 5.98. The predicted molar refractivity (Wildman–Crippen MR) is 102 cm³/mol. The van der Waals surface area contributed by atoms with E-state index in [1.807, 2.05) is 30.1 Å². The second-order valence-electron chi connectivity index (χ2n) is 7.40. The van der Waals surface area contributed by atoms with Crippen molar-refractivity contribution < 1.29 is 8.42 Å². The maximum Gasteiger partial charge on any atom is 0.149 e. The topological polar surface area (TPSA) is 89.2 Å². The highest BCUT2D eigenvalue weighted by molar-refractivity contribution is 7.90. The van der Waals surface area contributed by atoms with Gasteiger partial charge in [0.2, 0.25) is 0 Å². The van der Waals surface area contributed by atoms with Gasteiger partial charge >= 0.3 is 0 Å². The van der Waals surface area contributed by atoms with Gasteiger partial charge in [-0.1, -0.05) is 26.0 Å². The minimum absolute atomic E-state index is 0.127. The lowest BCUT2D eigenvalue weighted by molar-refractivity contribution is 0.514. The Kier molecular flexibility index (Phi) is 4.23. The fourth-order valence-corrected chi connectivity index (χ4v) is 4.17. The van der Waals surface area contributed by atoms with Gasteiger partial charge in [-0.3, -0.25) is 0 Å². The third-order valence-corrected chi connectivity index (χ3v) is 5.71. The van der Waals surface area contributed by atoms with Gasteiger partial charge in [-0.2, -0.15) is 0 Å². The van der Waals surface area contributed by atoms with Gasteiger partial charge in [0.25, 0.3) is 0 Å². The molecule has 1 aliphatic rings. The van der Waals surface area contributed by atoms with Crippen LogP contribution in [0.3, 0.4) is 0 Å². The molecule has 0 bridgehead atoms. The summed E-state index contributed by atoms with van der Waals surface area (Å²) in [6, 6.07) is 6.06. The molecule has 0 amide bonds. The smallest absolute Gasteiger partial charge is 0.149 e. The Bertz CT molecular complexity index is 923. The van der Waals surface area contributed by atoms with Gasteiger partial charge in [0.05, 0.1) is 11.4 Å².